The lowest BCUT2D eigenvalue weighted by Crippen LogP contribution is -2.47. The van der Waals surface area contributed by atoms with Crippen LogP contribution in [0.5, 0.6) is 0 Å². The molecule has 0 fully saturated rings. The maximum absolute atomic E-state index is 10.2. The standard InChI is InChI=1S/C6H14O8S/c7-1-3(8)5(10)6(11)4(9)2-15(12,13)14/h3-11H,1-2H2,(H,12,13,14)/p-1/t3-,4+,5+,6+/m0/s1. The molecule has 0 aliphatic carbocycles. The summed E-state index contributed by atoms with van der Waals surface area (Å²) in [5.74, 6) is -1.29. The van der Waals surface area contributed by atoms with Crippen molar-refractivity contribution in [3.8, 4) is 0 Å². The van der Waals surface area contributed by atoms with Gasteiger partial charge in [0.05, 0.1) is 28.6 Å². The molecule has 0 aliphatic heterocycles. The van der Waals surface area contributed by atoms with Gasteiger partial charge in [0, 0.05) is 0 Å². The van der Waals surface area contributed by atoms with Crippen LogP contribution in [0, 0.1) is 0 Å². The van der Waals surface area contributed by atoms with E-state index in [1.165, 1.54) is 0 Å². The van der Waals surface area contributed by atoms with Crippen molar-refractivity contribution in [1.29, 1.82) is 0 Å². The third-order valence-electron chi connectivity index (χ3n) is 1.70. The molecule has 0 aromatic carbocycles. The van der Waals surface area contributed by atoms with Crippen LogP contribution < -0.4 is 0 Å². The average Bonchev–Trinajstić information content (AvgIpc) is 2.11. The molecule has 8 nitrogen and oxygen atoms in total. The van der Waals surface area contributed by atoms with Crippen molar-refractivity contribution in [2.45, 2.75) is 24.4 Å². The van der Waals surface area contributed by atoms with Gasteiger partial charge in [-0.05, 0) is 0 Å². The van der Waals surface area contributed by atoms with E-state index in [4.69, 9.17) is 25.5 Å². The van der Waals surface area contributed by atoms with Crippen LogP contribution in [0.1, 0.15) is 0 Å². The van der Waals surface area contributed by atoms with Gasteiger partial charge >= 0.3 is 0 Å². The lowest BCUT2D eigenvalue weighted by atomic mass is 10.0. The van der Waals surface area contributed by atoms with E-state index in [1.54, 1.807) is 0 Å². The Bertz CT molecular complexity index is 275. The monoisotopic (exact) mass is 245 g/mol. The van der Waals surface area contributed by atoms with Gasteiger partial charge in [-0.3, -0.25) is 0 Å². The third kappa shape index (κ3) is 5.37. The van der Waals surface area contributed by atoms with Crippen LogP contribution >= 0.6 is 0 Å². The molecule has 0 amide bonds. The van der Waals surface area contributed by atoms with Crippen molar-refractivity contribution in [2.75, 3.05) is 12.4 Å². The molecular weight excluding hydrogens is 232 g/mol. The van der Waals surface area contributed by atoms with E-state index in [9.17, 15) is 13.0 Å². The number of aliphatic hydroxyl groups is 5. The van der Waals surface area contributed by atoms with E-state index < -0.39 is 46.9 Å². The number of hydrogen-bond donors (Lipinski definition) is 5. The first-order valence-corrected chi connectivity index (χ1v) is 5.53. The average molecular weight is 245 g/mol. The molecule has 15 heavy (non-hydrogen) atoms. The zero-order chi connectivity index (χ0) is 12.2. The summed E-state index contributed by atoms with van der Waals surface area (Å²) in [7, 11) is -4.75. The fraction of sp³-hybridized carbons (Fsp3) is 1.00. The molecule has 92 valence electrons. The van der Waals surface area contributed by atoms with E-state index in [1.807, 2.05) is 0 Å². The summed E-state index contributed by atoms with van der Waals surface area (Å²) in [6.07, 6.45) is -7.73. The molecule has 5 N–H and O–H groups in total. The van der Waals surface area contributed by atoms with Gasteiger partial charge in [0.25, 0.3) is 0 Å². The largest absolute Gasteiger partial charge is 0.748 e. The Labute approximate surface area is 86.2 Å². The quantitative estimate of drug-likeness (QED) is 0.296. The van der Waals surface area contributed by atoms with Gasteiger partial charge in [-0.1, -0.05) is 0 Å². The molecule has 4 atom stereocenters. The molecule has 0 aromatic rings. The lowest BCUT2D eigenvalue weighted by Gasteiger charge is -2.26. The van der Waals surface area contributed by atoms with E-state index in [-0.39, 0.29) is 0 Å². The number of rotatable bonds is 6. The summed E-state index contributed by atoms with van der Waals surface area (Å²) in [5, 5.41) is 44.3. The predicted octanol–water partition coefficient (Wildman–Crippen LogP) is -4.03. The van der Waals surface area contributed by atoms with Crippen LogP contribution in [-0.2, 0) is 10.1 Å². The summed E-state index contributed by atoms with van der Waals surface area (Å²) in [6.45, 7) is -0.880. The third-order valence-corrected chi connectivity index (χ3v) is 2.45. The molecule has 0 saturated carbocycles. The van der Waals surface area contributed by atoms with Gasteiger partial charge in [0.2, 0.25) is 0 Å². The Kier molecular flexibility index (Phi) is 5.59. The topological polar surface area (TPSA) is 158 Å². The van der Waals surface area contributed by atoms with E-state index in [2.05, 4.69) is 0 Å². The second kappa shape index (κ2) is 5.70. The lowest BCUT2D eigenvalue weighted by molar-refractivity contribution is -0.110. The summed E-state index contributed by atoms with van der Waals surface area (Å²) < 4.78 is 30.6. The molecule has 0 bridgehead atoms. The van der Waals surface area contributed by atoms with Crippen LogP contribution in [0.4, 0.5) is 0 Å². The van der Waals surface area contributed by atoms with Gasteiger partial charge in [-0.25, -0.2) is 8.42 Å². The molecule has 0 aromatic heterocycles. The highest BCUT2D eigenvalue weighted by Crippen LogP contribution is 2.06. The SMILES string of the molecule is O=S(=O)([O-])C[C@@H](O)[C@@H](O)[C@H](O)[C@@H](O)CO. The zero-order valence-corrected chi connectivity index (χ0v) is 8.41. The number of aliphatic hydroxyl groups excluding tert-OH is 5. The Balaban J connectivity index is 4.37. The first kappa shape index (κ1) is 14.7. The van der Waals surface area contributed by atoms with Gasteiger partial charge < -0.3 is 30.1 Å². The summed E-state index contributed by atoms with van der Waals surface area (Å²) in [5.41, 5.74) is 0. The summed E-state index contributed by atoms with van der Waals surface area (Å²) in [4.78, 5) is 0. The van der Waals surface area contributed by atoms with Crippen LogP contribution in [0.15, 0.2) is 0 Å². The molecule has 0 spiro atoms. The van der Waals surface area contributed by atoms with Crippen molar-refractivity contribution in [1.82, 2.24) is 0 Å². The first-order valence-electron chi connectivity index (χ1n) is 3.95. The van der Waals surface area contributed by atoms with Gasteiger partial charge in [-0.2, -0.15) is 0 Å². The highest BCUT2D eigenvalue weighted by molar-refractivity contribution is 7.85. The summed E-state index contributed by atoms with van der Waals surface area (Å²) >= 11 is 0. The van der Waals surface area contributed by atoms with Crippen molar-refractivity contribution in [2.24, 2.45) is 0 Å². The fourth-order valence-electron chi connectivity index (χ4n) is 0.871. The Morgan fingerprint density at radius 2 is 1.40 bits per heavy atom. The van der Waals surface area contributed by atoms with Crippen molar-refractivity contribution >= 4 is 10.1 Å². The van der Waals surface area contributed by atoms with E-state index >= 15 is 0 Å². The molecule has 0 unspecified atom stereocenters. The molecular formula is C6H13O8S-. The van der Waals surface area contributed by atoms with Gasteiger partial charge in [-0.15, -0.1) is 0 Å². The van der Waals surface area contributed by atoms with Gasteiger partial charge in [0.1, 0.15) is 18.3 Å². The minimum absolute atomic E-state index is 0.880. The van der Waals surface area contributed by atoms with Crippen molar-refractivity contribution in [3.05, 3.63) is 0 Å². The maximum Gasteiger partial charge on any atom is 0.111 e. The number of hydrogen-bond acceptors (Lipinski definition) is 8. The van der Waals surface area contributed by atoms with Crippen molar-refractivity contribution in [3.63, 3.8) is 0 Å². The van der Waals surface area contributed by atoms with E-state index in [0.29, 0.717) is 0 Å². The van der Waals surface area contributed by atoms with Crippen LogP contribution in [-0.4, -0.2) is 75.3 Å². The van der Waals surface area contributed by atoms with Crippen molar-refractivity contribution < 1.29 is 38.5 Å². The maximum atomic E-state index is 10.2. The Hall–Kier alpha value is -0.290. The second-order valence-corrected chi connectivity index (χ2v) is 4.47. The zero-order valence-electron chi connectivity index (χ0n) is 7.59. The molecule has 0 radical (unpaired) electrons. The molecule has 0 rings (SSSR count). The fourth-order valence-corrected chi connectivity index (χ4v) is 1.49. The predicted molar refractivity (Wildman–Crippen MR) is 45.7 cm³/mol. The summed E-state index contributed by atoms with van der Waals surface area (Å²) in [6, 6.07) is 0. The van der Waals surface area contributed by atoms with Crippen LogP contribution in [0.25, 0.3) is 0 Å². The van der Waals surface area contributed by atoms with Crippen LogP contribution in [0.3, 0.4) is 0 Å². The highest BCUT2D eigenvalue weighted by atomic mass is 32.2. The highest BCUT2D eigenvalue weighted by Gasteiger charge is 2.30. The molecule has 9 heteroatoms. The first-order chi connectivity index (χ1) is 6.69. The molecule has 0 heterocycles. The van der Waals surface area contributed by atoms with E-state index in [0.717, 1.165) is 0 Å². The minimum Gasteiger partial charge on any atom is -0.748 e. The smallest absolute Gasteiger partial charge is 0.111 e. The van der Waals surface area contributed by atoms with Gasteiger partial charge in [0.15, 0.2) is 0 Å². The second-order valence-electron chi connectivity index (χ2n) is 3.02. The Morgan fingerprint density at radius 1 is 1.00 bits per heavy atom. The normalized spacial score (nSPS) is 20.7. The Morgan fingerprint density at radius 3 is 1.73 bits per heavy atom. The molecule has 0 saturated heterocycles. The van der Waals surface area contributed by atoms with Crippen LogP contribution in [0.2, 0.25) is 0 Å². The molecule has 0 aliphatic rings. The minimum atomic E-state index is -4.75.